The molecule has 144 valence electrons. The van der Waals surface area contributed by atoms with E-state index in [1.165, 1.54) is 7.11 Å². The Morgan fingerprint density at radius 2 is 1.69 bits per heavy atom. The molecule has 0 aliphatic heterocycles. The van der Waals surface area contributed by atoms with Gasteiger partial charge in [-0.1, -0.05) is 31.7 Å². The first kappa shape index (κ1) is 23.8. The number of rotatable bonds is 7. The third-order valence-electron chi connectivity index (χ3n) is 3.81. The quantitative estimate of drug-likeness (QED) is 0.742. The molecule has 26 heavy (non-hydrogen) atoms. The third kappa shape index (κ3) is 5.16. The zero-order valence-corrected chi connectivity index (χ0v) is 15.8. The number of para-hydroxylation sites is 1. The van der Waals surface area contributed by atoms with Gasteiger partial charge >= 0.3 is 0 Å². The van der Waals surface area contributed by atoms with Crippen molar-refractivity contribution in [3.8, 4) is 17.2 Å². The van der Waals surface area contributed by atoms with E-state index in [0.717, 1.165) is 11.1 Å². The number of hydrogen-bond donors (Lipinski definition) is 1. The number of aryl methyl sites for hydroxylation is 2. The Bertz CT molecular complexity index is 730. The van der Waals surface area contributed by atoms with Gasteiger partial charge in [0.15, 0.2) is 17.6 Å². The van der Waals surface area contributed by atoms with Crippen molar-refractivity contribution >= 4 is 19.3 Å². The molecule has 1 unspecified atom stereocenters. The third-order valence-corrected chi connectivity index (χ3v) is 3.81. The number of aliphatic hydroxyl groups excluding tert-OH is 1. The van der Waals surface area contributed by atoms with Crippen LogP contribution in [0.15, 0.2) is 36.4 Å². The molecular formula is C20H28O5S. The first-order valence-corrected chi connectivity index (χ1v) is 7.61. The second-order valence-corrected chi connectivity index (χ2v) is 5.44. The van der Waals surface area contributed by atoms with Crippen LogP contribution in [0.1, 0.15) is 28.9 Å². The molecule has 6 heteroatoms. The van der Waals surface area contributed by atoms with Gasteiger partial charge in [0.25, 0.3) is 0 Å². The lowest BCUT2D eigenvalue weighted by Crippen LogP contribution is -2.31. The zero-order valence-electron chi connectivity index (χ0n) is 14.8. The van der Waals surface area contributed by atoms with Gasteiger partial charge in [0, 0.05) is 5.56 Å². The summed E-state index contributed by atoms with van der Waals surface area (Å²) in [6.07, 6.45) is -1.02. The van der Waals surface area contributed by atoms with Gasteiger partial charge in [-0.25, -0.2) is 0 Å². The Balaban J connectivity index is 0.00000312. The molecule has 2 rings (SSSR count). The minimum atomic E-state index is -1.02. The first-order valence-electron chi connectivity index (χ1n) is 7.61. The second kappa shape index (κ2) is 10.7. The van der Waals surface area contributed by atoms with Crippen LogP contribution in [0.3, 0.4) is 0 Å². The molecule has 0 heterocycles. The maximum atomic E-state index is 12.7. The van der Waals surface area contributed by atoms with Gasteiger partial charge in [-0.2, -0.15) is 13.5 Å². The summed E-state index contributed by atoms with van der Waals surface area (Å²) in [7, 11) is 3.08. The second-order valence-electron chi connectivity index (χ2n) is 5.44. The van der Waals surface area contributed by atoms with Crippen LogP contribution in [0.5, 0.6) is 17.2 Å². The average molecular weight is 381 g/mol. The van der Waals surface area contributed by atoms with Crippen LogP contribution in [0.2, 0.25) is 0 Å². The predicted octanol–water partition coefficient (Wildman–Crippen LogP) is 3.69. The lowest BCUT2D eigenvalue weighted by Gasteiger charge is -2.19. The molecule has 5 nitrogen and oxygen atoms in total. The molecule has 0 spiro atoms. The van der Waals surface area contributed by atoms with Gasteiger partial charge in [0.1, 0.15) is 5.75 Å². The fourth-order valence-electron chi connectivity index (χ4n) is 2.41. The molecule has 0 amide bonds. The first-order chi connectivity index (χ1) is 11.5. The van der Waals surface area contributed by atoms with Crippen molar-refractivity contribution in [2.24, 2.45) is 0 Å². The molecule has 0 radical (unpaired) electrons. The molecular weight excluding hydrogens is 352 g/mol. The highest BCUT2D eigenvalue weighted by Gasteiger charge is 2.24. The van der Waals surface area contributed by atoms with E-state index < -0.39 is 12.7 Å². The number of aliphatic hydroxyl groups is 1. The lowest BCUT2D eigenvalue weighted by atomic mass is 10.0. The van der Waals surface area contributed by atoms with Crippen LogP contribution in [-0.2, 0) is 0 Å². The Morgan fingerprint density at radius 3 is 2.27 bits per heavy atom. The van der Waals surface area contributed by atoms with Gasteiger partial charge < -0.3 is 19.3 Å². The number of methoxy groups -OCH3 is 2. The average Bonchev–Trinajstić information content (AvgIpc) is 2.60. The summed E-state index contributed by atoms with van der Waals surface area (Å²) in [4.78, 5) is 12.7. The number of benzene rings is 2. The molecule has 0 saturated heterocycles. The number of ether oxygens (including phenoxy) is 3. The fourth-order valence-corrected chi connectivity index (χ4v) is 2.41. The maximum absolute atomic E-state index is 12.7. The standard InChI is InChI=1S/C19H22O5.CH4.H2S/c1-12-8-9-14(10-16(12)23-4)18(21)17(11-20)24-19-13(2)6-5-7-15(19)22-3;;/h5-10,17,20H,11H2,1-4H3;1H4;1H2. The van der Waals surface area contributed by atoms with Crippen LogP contribution in [-0.4, -0.2) is 37.8 Å². The predicted molar refractivity (Wildman–Crippen MR) is 108 cm³/mol. The minimum Gasteiger partial charge on any atom is -0.496 e. The molecule has 0 aliphatic rings. The van der Waals surface area contributed by atoms with Crippen molar-refractivity contribution in [2.45, 2.75) is 27.4 Å². The van der Waals surface area contributed by atoms with Crippen LogP contribution >= 0.6 is 13.5 Å². The van der Waals surface area contributed by atoms with E-state index in [0.29, 0.717) is 22.8 Å². The smallest absolute Gasteiger partial charge is 0.205 e. The monoisotopic (exact) mass is 380 g/mol. The topological polar surface area (TPSA) is 65.0 Å². The van der Waals surface area contributed by atoms with Gasteiger partial charge in [-0.05, 0) is 37.1 Å². The summed E-state index contributed by atoms with van der Waals surface area (Å²) < 4.78 is 16.3. The molecule has 2 aromatic rings. The highest BCUT2D eigenvalue weighted by atomic mass is 32.1. The number of carbonyl (C=O) groups excluding carboxylic acids is 1. The molecule has 1 atom stereocenters. The van der Waals surface area contributed by atoms with Crippen molar-refractivity contribution < 1.29 is 24.1 Å². The molecule has 0 aromatic heterocycles. The minimum absolute atomic E-state index is 0. The van der Waals surface area contributed by atoms with Crippen molar-refractivity contribution in [3.63, 3.8) is 0 Å². The van der Waals surface area contributed by atoms with Crippen LogP contribution in [0, 0.1) is 13.8 Å². The summed E-state index contributed by atoms with van der Waals surface area (Å²) in [5.41, 5.74) is 2.17. The van der Waals surface area contributed by atoms with E-state index in [-0.39, 0.29) is 26.7 Å². The van der Waals surface area contributed by atoms with E-state index in [4.69, 9.17) is 14.2 Å². The van der Waals surface area contributed by atoms with Gasteiger partial charge in [-0.3, -0.25) is 4.79 Å². The van der Waals surface area contributed by atoms with E-state index in [9.17, 15) is 9.90 Å². The zero-order chi connectivity index (χ0) is 17.7. The Hall–Kier alpha value is -2.18. The van der Waals surface area contributed by atoms with Crippen LogP contribution in [0.25, 0.3) is 0 Å². The molecule has 0 bridgehead atoms. The number of hydrogen-bond acceptors (Lipinski definition) is 5. The summed E-state index contributed by atoms with van der Waals surface area (Å²) in [6.45, 7) is 3.31. The lowest BCUT2D eigenvalue weighted by molar-refractivity contribution is 0.0650. The summed E-state index contributed by atoms with van der Waals surface area (Å²) in [5.74, 6) is 1.27. The summed E-state index contributed by atoms with van der Waals surface area (Å²) in [5, 5.41) is 9.64. The largest absolute Gasteiger partial charge is 0.496 e. The SMILES string of the molecule is C.COc1cc(C(=O)C(CO)Oc2c(C)cccc2OC)ccc1C.S. The molecule has 0 aliphatic carbocycles. The molecule has 0 fully saturated rings. The summed E-state index contributed by atoms with van der Waals surface area (Å²) >= 11 is 0. The maximum Gasteiger partial charge on any atom is 0.205 e. The van der Waals surface area contributed by atoms with Crippen molar-refractivity contribution in [2.75, 3.05) is 20.8 Å². The van der Waals surface area contributed by atoms with Crippen molar-refractivity contribution in [1.29, 1.82) is 0 Å². The van der Waals surface area contributed by atoms with Gasteiger partial charge in [0.05, 0.1) is 20.8 Å². The Morgan fingerprint density at radius 1 is 1.04 bits per heavy atom. The highest BCUT2D eigenvalue weighted by Crippen LogP contribution is 2.32. The van der Waals surface area contributed by atoms with Crippen molar-refractivity contribution in [1.82, 2.24) is 0 Å². The van der Waals surface area contributed by atoms with Gasteiger partial charge in [-0.15, -0.1) is 0 Å². The highest BCUT2D eigenvalue weighted by molar-refractivity contribution is 7.59. The molecule has 2 aromatic carbocycles. The van der Waals surface area contributed by atoms with Crippen LogP contribution in [0.4, 0.5) is 0 Å². The summed E-state index contributed by atoms with van der Waals surface area (Å²) in [6, 6.07) is 10.6. The normalized spacial score (nSPS) is 10.8. The van der Waals surface area contributed by atoms with Crippen molar-refractivity contribution in [3.05, 3.63) is 53.1 Å². The van der Waals surface area contributed by atoms with E-state index >= 15 is 0 Å². The number of Topliss-reactive ketones (excluding diaryl/α,β-unsaturated/α-hetero) is 1. The van der Waals surface area contributed by atoms with E-state index in [2.05, 4.69) is 0 Å². The van der Waals surface area contributed by atoms with Crippen LogP contribution < -0.4 is 14.2 Å². The van der Waals surface area contributed by atoms with E-state index in [1.807, 2.05) is 26.0 Å². The number of ketones is 1. The molecule has 1 N–H and O–H groups in total. The Kier molecular flexibility index (Phi) is 9.83. The van der Waals surface area contributed by atoms with E-state index in [1.54, 1.807) is 31.4 Å². The van der Waals surface area contributed by atoms with Gasteiger partial charge in [0.2, 0.25) is 5.78 Å². The number of carbonyl (C=O) groups is 1. The Labute approximate surface area is 162 Å². The fraction of sp³-hybridized carbons (Fsp3) is 0.350. The molecule has 0 saturated carbocycles.